The zero-order valence-corrected chi connectivity index (χ0v) is 11.7. The molecule has 2 nitrogen and oxygen atoms in total. The lowest BCUT2D eigenvalue weighted by molar-refractivity contribution is 0.356. The third-order valence-corrected chi connectivity index (χ3v) is 3.06. The maximum absolute atomic E-state index is 3.54. The SMILES string of the molecule is Cl.Cl.c1ccc(CNCC2CCNCC2)cc1. The summed E-state index contributed by atoms with van der Waals surface area (Å²) in [7, 11) is 0. The summed E-state index contributed by atoms with van der Waals surface area (Å²) >= 11 is 0. The van der Waals surface area contributed by atoms with Crippen molar-refractivity contribution in [2.75, 3.05) is 19.6 Å². The molecule has 1 aromatic carbocycles. The van der Waals surface area contributed by atoms with Crippen LogP contribution in [0.25, 0.3) is 0 Å². The predicted molar refractivity (Wildman–Crippen MR) is 78.2 cm³/mol. The minimum absolute atomic E-state index is 0. The summed E-state index contributed by atoms with van der Waals surface area (Å²) in [6.45, 7) is 4.55. The topological polar surface area (TPSA) is 24.1 Å². The molecule has 0 atom stereocenters. The van der Waals surface area contributed by atoms with Gasteiger partial charge < -0.3 is 10.6 Å². The van der Waals surface area contributed by atoms with Gasteiger partial charge in [0, 0.05) is 6.54 Å². The normalized spacial score (nSPS) is 15.8. The van der Waals surface area contributed by atoms with E-state index in [1.807, 2.05) is 0 Å². The van der Waals surface area contributed by atoms with Gasteiger partial charge in [0.15, 0.2) is 0 Å². The van der Waals surface area contributed by atoms with Crippen molar-refractivity contribution >= 4 is 24.8 Å². The number of nitrogens with one attached hydrogen (secondary N) is 2. The molecular formula is C13H22Cl2N2. The average Bonchev–Trinajstić information content (AvgIpc) is 2.32. The summed E-state index contributed by atoms with van der Waals surface area (Å²) in [5.41, 5.74) is 1.38. The van der Waals surface area contributed by atoms with E-state index in [2.05, 4.69) is 41.0 Å². The van der Waals surface area contributed by atoms with Gasteiger partial charge in [-0.2, -0.15) is 0 Å². The average molecular weight is 277 g/mol. The van der Waals surface area contributed by atoms with Crippen LogP contribution in [-0.4, -0.2) is 19.6 Å². The van der Waals surface area contributed by atoms with Gasteiger partial charge in [-0.15, -0.1) is 24.8 Å². The number of halogens is 2. The highest BCUT2D eigenvalue weighted by atomic mass is 35.5. The summed E-state index contributed by atoms with van der Waals surface area (Å²) < 4.78 is 0. The van der Waals surface area contributed by atoms with E-state index in [-0.39, 0.29) is 24.8 Å². The van der Waals surface area contributed by atoms with Gasteiger partial charge in [-0.3, -0.25) is 0 Å². The van der Waals surface area contributed by atoms with E-state index >= 15 is 0 Å². The monoisotopic (exact) mass is 276 g/mol. The van der Waals surface area contributed by atoms with Crippen LogP contribution in [0.5, 0.6) is 0 Å². The molecule has 2 rings (SSSR count). The number of benzene rings is 1. The lowest BCUT2D eigenvalue weighted by Crippen LogP contribution is -2.33. The Morgan fingerprint density at radius 3 is 2.35 bits per heavy atom. The van der Waals surface area contributed by atoms with Crippen molar-refractivity contribution in [2.45, 2.75) is 19.4 Å². The minimum Gasteiger partial charge on any atom is -0.317 e. The van der Waals surface area contributed by atoms with Gasteiger partial charge in [-0.1, -0.05) is 30.3 Å². The molecule has 1 saturated heterocycles. The Bertz CT molecular complexity index is 274. The van der Waals surface area contributed by atoms with Gasteiger partial charge in [0.1, 0.15) is 0 Å². The molecule has 4 heteroatoms. The van der Waals surface area contributed by atoms with E-state index in [9.17, 15) is 0 Å². The first-order valence-electron chi connectivity index (χ1n) is 5.90. The van der Waals surface area contributed by atoms with Crippen molar-refractivity contribution < 1.29 is 0 Å². The van der Waals surface area contributed by atoms with E-state index < -0.39 is 0 Å². The fourth-order valence-electron chi connectivity index (χ4n) is 2.10. The summed E-state index contributed by atoms with van der Waals surface area (Å²) in [6.07, 6.45) is 2.64. The highest BCUT2D eigenvalue weighted by Gasteiger charge is 2.11. The van der Waals surface area contributed by atoms with Crippen LogP contribution in [0, 0.1) is 5.92 Å². The van der Waals surface area contributed by atoms with Gasteiger partial charge in [0.2, 0.25) is 0 Å². The maximum Gasteiger partial charge on any atom is 0.0205 e. The molecular weight excluding hydrogens is 255 g/mol. The fourth-order valence-corrected chi connectivity index (χ4v) is 2.10. The summed E-state index contributed by atoms with van der Waals surface area (Å²) in [5, 5.41) is 6.94. The minimum atomic E-state index is 0. The largest absolute Gasteiger partial charge is 0.317 e. The Balaban J connectivity index is 0.00000128. The summed E-state index contributed by atoms with van der Waals surface area (Å²) in [5.74, 6) is 0.870. The second kappa shape index (κ2) is 9.72. The first kappa shape index (κ1) is 16.7. The molecule has 0 aliphatic carbocycles. The van der Waals surface area contributed by atoms with Crippen molar-refractivity contribution in [1.29, 1.82) is 0 Å². The standard InChI is InChI=1S/C13H20N2.2ClH/c1-2-4-12(5-3-1)10-15-11-13-6-8-14-9-7-13;;/h1-5,13-15H,6-11H2;2*1H. The molecule has 0 spiro atoms. The molecule has 0 amide bonds. The first-order valence-corrected chi connectivity index (χ1v) is 5.90. The number of piperidine rings is 1. The molecule has 2 N–H and O–H groups in total. The van der Waals surface area contributed by atoms with Crippen LogP contribution >= 0.6 is 24.8 Å². The lowest BCUT2D eigenvalue weighted by Gasteiger charge is -2.22. The van der Waals surface area contributed by atoms with Crippen LogP contribution in [0.15, 0.2) is 30.3 Å². The van der Waals surface area contributed by atoms with E-state index in [4.69, 9.17) is 0 Å². The van der Waals surface area contributed by atoms with Gasteiger partial charge in [-0.25, -0.2) is 0 Å². The predicted octanol–water partition coefficient (Wildman–Crippen LogP) is 2.62. The van der Waals surface area contributed by atoms with Crippen molar-refractivity contribution in [1.82, 2.24) is 10.6 Å². The third kappa shape index (κ3) is 6.27. The van der Waals surface area contributed by atoms with Gasteiger partial charge in [0.25, 0.3) is 0 Å². The Labute approximate surface area is 116 Å². The Morgan fingerprint density at radius 1 is 1.06 bits per heavy atom. The summed E-state index contributed by atoms with van der Waals surface area (Å²) in [4.78, 5) is 0. The van der Waals surface area contributed by atoms with Crippen LogP contribution in [0.4, 0.5) is 0 Å². The zero-order chi connectivity index (χ0) is 10.3. The molecule has 1 fully saturated rings. The molecule has 0 bridgehead atoms. The molecule has 1 aliphatic heterocycles. The van der Waals surface area contributed by atoms with Crippen LogP contribution < -0.4 is 10.6 Å². The van der Waals surface area contributed by atoms with E-state index in [1.165, 1.54) is 31.5 Å². The molecule has 0 unspecified atom stereocenters. The molecule has 0 saturated carbocycles. The van der Waals surface area contributed by atoms with Gasteiger partial charge >= 0.3 is 0 Å². The second-order valence-electron chi connectivity index (χ2n) is 4.31. The zero-order valence-electron chi connectivity index (χ0n) is 10.0. The van der Waals surface area contributed by atoms with Crippen LogP contribution in [0.3, 0.4) is 0 Å². The van der Waals surface area contributed by atoms with Crippen molar-refractivity contribution in [3.05, 3.63) is 35.9 Å². The third-order valence-electron chi connectivity index (χ3n) is 3.06. The number of hydrogen-bond acceptors (Lipinski definition) is 2. The Kier molecular flexibility index (Phi) is 9.56. The molecule has 98 valence electrons. The van der Waals surface area contributed by atoms with Crippen LogP contribution in [0.1, 0.15) is 18.4 Å². The maximum atomic E-state index is 3.54. The Morgan fingerprint density at radius 2 is 1.71 bits per heavy atom. The second-order valence-corrected chi connectivity index (χ2v) is 4.31. The smallest absolute Gasteiger partial charge is 0.0205 e. The van der Waals surface area contributed by atoms with Gasteiger partial charge in [-0.05, 0) is 44.0 Å². The van der Waals surface area contributed by atoms with Crippen LogP contribution in [-0.2, 0) is 6.54 Å². The molecule has 1 aliphatic rings. The first-order chi connectivity index (χ1) is 7.45. The van der Waals surface area contributed by atoms with Crippen molar-refractivity contribution in [3.8, 4) is 0 Å². The summed E-state index contributed by atoms with van der Waals surface area (Å²) in [6, 6.07) is 10.6. The molecule has 1 heterocycles. The molecule has 0 aromatic heterocycles. The van der Waals surface area contributed by atoms with Crippen molar-refractivity contribution in [2.24, 2.45) is 5.92 Å². The highest BCUT2D eigenvalue weighted by molar-refractivity contribution is 5.85. The number of rotatable bonds is 4. The lowest BCUT2D eigenvalue weighted by atomic mass is 9.98. The van der Waals surface area contributed by atoms with Gasteiger partial charge in [0.05, 0.1) is 0 Å². The molecule has 17 heavy (non-hydrogen) atoms. The van der Waals surface area contributed by atoms with E-state index in [0.29, 0.717) is 0 Å². The Hall–Kier alpha value is -0.280. The van der Waals surface area contributed by atoms with E-state index in [0.717, 1.165) is 19.0 Å². The molecule has 1 aromatic rings. The van der Waals surface area contributed by atoms with Crippen LogP contribution in [0.2, 0.25) is 0 Å². The van der Waals surface area contributed by atoms with Crippen molar-refractivity contribution in [3.63, 3.8) is 0 Å². The van der Waals surface area contributed by atoms with E-state index in [1.54, 1.807) is 0 Å². The number of hydrogen-bond donors (Lipinski definition) is 2. The quantitative estimate of drug-likeness (QED) is 0.884. The fraction of sp³-hybridized carbons (Fsp3) is 0.538. The highest BCUT2D eigenvalue weighted by Crippen LogP contribution is 2.10. The molecule has 0 radical (unpaired) electrons.